The van der Waals surface area contributed by atoms with E-state index in [0.717, 1.165) is 27.5 Å². The Kier molecular flexibility index (Phi) is 6.96. The zero-order chi connectivity index (χ0) is 29.4. The molecule has 6 nitrogen and oxygen atoms in total. The van der Waals surface area contributed by atoms with Gasteiger partial charge in [0.05, 0.1) is 34.7 Å². The molecule has 0 aliphatic carbocycles. The Morgan fingerprint density at radius 3 is 2.31 bits per heavy atom. The zero-order valence-electron chi connectivity index (χ0n) is 22.5. The molecule has 0 fully saturated rings. The van der Waals surface area contributed by atoms with Crippen LogP contribution in [-0.2, 0) is 6.42 Å². The van der Waals surface area contributed by atoms with E-state index in [9.17, 15) is 23.5 Å². The largest absolute Gasteiger partial charge is 0.478 e. The highest BCUT2D eigenvalue weighted by Gasteiger charge is 2.20. The first-order chi connectivity index (χ1) is 20.2. The highest BCUT2D eigenvalue weighted by molar-refractivity contribution is 6.03. The van der Waals surface area contributed by atoms with Crippen molar-refractivity contribution in [1.29, 1.82) is 0 Å². The average Bonchev–Trinajstić information content (AvgIpc) is 3.39. The van der Waals surface area contributed by atoms with Crippen molar-refractivity contribution in [2.24, 2.45) is 0 Å². The van der Waals surface area contributed by atoms with Gasteiger partial charge < -0.3 is 14.8 Å². The van der Waals surface area contributed by atoms with Gasteiger partial charge in [0.1, 0.15) is 11.6 Å². The molecule has 0 spiro atoms. The summed E-state index contributed by atoms with van der Waals surface area (Å²) >= 11 is 0. The lowest BCUT2D eigenvalue weighted by Crippen LogP contribution is -2.27. The summed E-state index contributed by atoms with van der Waals surface area (Å²) < 4.78 is 29.3. The van der Waals surface area contributed by atoms with Gasteiger partial charge in [-0.05, 0) is 82.4 Å². The van der Waals surface area contributed by atoms with Gasteiger partial charge in [0.15, 0.2) is 0 Å². The monoisotopic (exact) mass is 561 g/mol. The molecule has 42 heavy (non-hydrogen) atoms. The van der Waals surface area contributed by atoms with Gasteiger partial charge in [-0.15, -0.1) is 0 Å². The summed E-state index contributed by atoms with van der Waals surface area (Å²) in [5.74, 6) is -2.05. The van der Waals surface area contributed by atoms with E-state index in [1.54, 1.807) is 47.1 Å². The predicted molar refractivity (Wildman–Crippen MR) is 157 cm³/mol. The molecule has 0 radical (unpaired) electrons. The van der Waals surface area contributed by atoms with Gasteiger partial charge >= 0.3 is 5.97 Å². The maximum absolute atomic E-state index is 13.9. The Morgan fingerprint density at radius 1 is 0.857 bits per heavy atom. The molecule has 1 atom stereocenters. The van der Waals surface area contributed by atoms with Crippen LogP contribution >= 0.6 is 0 Å². The van der Waals surface area contributed by atoms with E-state index in [-0.39, 0.29) is 23.1 Å². The summed E-state index contributed by atoms with van der Waals surface area (Å²) in [5.41, 5.74) is 4.92. The number of carbonyl (C=O) groups excluding carboxylic acids is 1. The van der Waals surface area contributed by atoms with Crippen molar-refractivity contribution in [3.63, 3.8) is 0 Å². The fourth-order valence-electron chi connectivity index (χ4n) is 5.15. The van der Waals surface area contributed by atoms with E-state index in [1.165, 1.54) is 36.4 Å². The minimum atomic E-state index is -1.02. The summed E-state index contributed by atoms with van der Waals surface area (Å²) in [4.78, 5) is 29.7. The number of benzene rings is 4. The van der Waals surface area contributed by atoms with Crippen molar-refractivity contribution in [3.8, 4) is 11.1 Å². The number of imidazole rings is 1. The Bertz CT molecular complexity index is 1970. The molecular formula is C34H25F2N3O3. The van der Waals surface area contributed by atoms with Crippen LogP contribution in [0.15, 0.2) is 104 Å². The third-order valence-electron chi connectivity index (χ3n) is 7.37. The van der Waals surface area contributed by atoms with Crippen molar-refractivity contribution in [2.75, 3.05) is 0 Å². The first-order valence-electron chi connectivity index (χ1n) is 13.3. The number of rotatable bonds is 7. The van der Waals surface area contributed by atoms with Crippen molar-refractivity contribution in [3.05, 3.63) is 143 Å². The van der Waals surface area contributed by atoms with Gasteiger partial charge in [-0.1, -0.05) is 48.5 Å². The normalized spacial score (nSPS) is 12.0. The van der Waals surface area contributed by atoms with Crippen LogP contribution < -0.4 is 5.32 Å². The van der Waals surface area contributed by atoms with Gasteiger partial charge in [0.25, 0.3) is 5.91 Å². The molecule has 8 heteroatoms. The van der Waals surface area contributed by atoms with E-state index in [1.807, 2.05) is 31.3 Å². The number of nitrogens with one attached hydrogen (secondary N) is 1. The van der Waals surface area contributed by atoms with Crippen LogP contribution in [0, 0.1) is 11.6 Å². The quantitative estimate of drug-likeness (QED) is 0.216. The number of aromatic carboxylic acids is 1. The molecule has 6 aromatic rings. The SMILES string of the molecule is C[C@H](NC(=O)c1cc(-c2ccc(F)cc2)cn2cnc(Cc3ccc4ccc(F)cc4c3)c12)c1ccc(C(=O)O)cc1. The van der Waals surface area contributed by atoms with Crippen LogP contribution in [-0.4, -0.2) is 26.4 Å². The number of carbonyl (C=O) groups is 2. The second kappa shape index (κ2) is 10.9. The van der Waals surface area contributed by atoms with Crippen LogP contribution in [0.4, 0.5) is 8.78 Å². The molecule has 0 saturated heterocycles. The number of pyridine rings is 1. The second-order valence-corrected chi connectivity index (χ2v) is 10.2. The predicted octanol–water partition coefficient (Wildman–Crippen LogP) is 7.21. The van der Waals surface area contributed by atoms with Gasteiger partial charge in [-0.25, -0.2) is 18.6 Å². The van der Waals surface area contributed by atoms with Crippen LogP contribution in [0.5, 0.6) is 0 Å². The highest BCUT2D eigenvalue weighted by Crippen LogP contribution is 2.28. The summed E-state index contributed by atoms with van der Waals surface area (Å²) in [7, 11) is 0. The molecule has 2 aromatic heterocycles. The second-order valence-electron chi connectivity index (χ2n) is 10.2. The van der Waals surface area contributed by atoms with E-state index in [0.29, 0.717) is 28.8 Å². The smallest absolute Gasteiger partial charge is 0.335 e. The Balaban J connectivity index is 1.40. The van der Waals surface area contributed by atoms with Gasteiger partial charge in [-0.3, -0.25) is 4.79 Å². The summed E-state index contributed by atoms with van der Waals surface area (Å²) in [5, 5.41) is 13.9. The van der Waals surface area contributed by atoms with Crippen LogP contribution in [0.2, 0.25) is 0 Å². The molecule has 6 rings (SSSR count). The molecule has 0 aliphatic rings. The first kappa shape index (κ1) is 26.8. The Labute approximate surface area is 239 Å². The number of carboxylic acids is 1. The molecular weight excluding hydrogens is 536 g/mol. The van der Waals surface area contributed by atoms with Crippen molar-refractivity contribution in [1.82, 2.24) is 14.7 Å². The Morgan fingerprint density at radius 2 is 1.57 bits per heavy atom. The molecule has 208 valence electrons. The number of amides is 1. The van der Waals surface area contributed by atoms with E-state index in [2.05, 4.69) is 10.3 Å². The van der Waals surface area contributed by atoms with E-state index < -0.39 is 12.0 Å². The number of hydrogen-bond donors (Lipinski definition) is 2. The van der Waals surface area contributed by atoms with Gasteiger partial charge in [0, 0.05) is 12.6 Å². The van der Waals surface area contributed by atoms with E-state index in [4.69, 9.17) is 0 Å². The van der Waals surface area contributed by atoms with Crippen molar-refractivity contribution in [2.45, 2.75) is 19.4 Å². The number of aromatic nitrogens is 2. The third kappa shape index (κ3) is 5.34. The highest BCUT2D eigenvalue weighted by atomic mass is 19.1. The standard InChI is InChI=1S/C34H25F2N3O3/c1-20(22-4-6-25(7-5-22)34(41)42)38-33(40)30-17-27(24-8-11-28(35)12-9-24)18-39-19-37-31(32(30)39)15-21-2-3-23-10-13-29(36)16-26(23)14-21/h2-14,16-20H,15H2,1H3,(H,38,40)(H,41,42)/t20-/m0/s1. The molecule has 2 N–H and O–H groups in total. The molecule has 0 unspecified atom stereocenters. The van der Waals surface area contributed by atoms with Gasteiger partial charge in [-0.2, -0.15) is 0 Å². The maximum atomic E-state index is 13.9. The summed E-state index contributed by atoms with van der Waals surface area (Å²) in [6, 6.07) is 24.2. The third-order valence-corrected chi connectivity index (χ3v) is 7.37. The molecule has 0 bridgehead atoms. The molecule has 0 aliphatic heterocycles. The first-order valence-corrected chi connectivity index (χ1v) is 13.3. The van der Waals surface area contributed by atoms with Crippen LogP contribution in [0.1, 0.15) is 50.5 Å². The lowest BCUT2D eigenvalue weighted by Gasteiger charge is -2.16. The lowest BCUT2D eigenvalue weighted by molar-refractivity contribution is 0.0696. The molecule has 0 saturated carbocycles. The molecule has 4 aromatic carbocycles. The zero-order valence-corrected chi connectivity index (χ0v) is 22.5. The summed E-state index contributed by atoms with van der Waals surface area (Å²) in [6.07, 6.45) is 3.90. The molecule has 2 heterocycles. The average molecular weight is 562 g/mol. The fourth-order valence-corrected chi connectivity index (χ4v) is 5.15. The van der Waals surface area contributed by atoms with Gasteiger partial charge in [0.2, 0.25) is 0 Å². The number of nitrogens with zero attached hydrogens (tertiary/aromatic N) is 2. The molecule has 1 amide bonds. The summed E-state index contributed by atoms with van der Waals surface area (Å²) in [6.45, 7) is 1.82. The number of halogens is 2. The topological polar surface area (TPSA) is 83.7 Å². The van der Waals surface area contributed by atoms with Crippen molar-refractivity contribution >= 4 is 28.2 Å². The van der Waals surface area contributed by atoms with Crippen LogP contribution in [0.3, 0.4) is 0 Å². The maximum Gasteiger partial charge on any atom is 0.335 e. The number of carboxylic acid groups (broad SMARTS) is 1. The number of hydrogen-bond acceptors (Lipinski definition) is 3. The minimum Gasteiger partial charge on any atom is -0.478 e. The van der Waals surface area contributed by atoms with Crippen LogP contribution in [0.25, 0.3) is 27.4 Å². The fraction of sp³-hybridized carbons (Fsp3) is 0.0882. The van der Waals surface area contributed by atoms with Crippen molar-refractivity contribution < 1.29 is 23.5 Å². The van der Waals surface area contributed by atoms with E-state index >= 15 is 0 Å². The Hall–Kier alpha value is -5.37. The number of fused-ring (bicyclic) bond motifs is 2. The minimum absolute atomic E-state index is 0.159. The lowest BCUT2D eigenvalue weighted by atomic mass is 10.00.